The van der Waals surface area contributed by atoms with Gasteiger partial charge < -0.3 is 19.3 Å². The summed E-state index contributed by atoms with van der Waals surface area (Å²) < 4.78 is 12.3. The Hall–Kier alpha value is -5.62. The molecule has 190 valence electrons. The molecule has 0 unspecified atom stereocenters. The molecule has 2 aliphatic heterocycles. The SMILES string of the molecule is c1ccc2c(c1)Oc1ccccc1N2c1ccc(-c2ccc(N3c4ccccc4Oc4ccccc43)cn2)nc1. The van der Waals surface area contributed by atoms with Crippen LogP contribution >= 0.6 is 0 Å². The number of nitrogens with zero attached hydrogens (tertiary/aromatic N) is 4. The predicted molar refractivity (Wildman–Crippen MR) is 157 cm³/mol. The zero-order valence-electron chi connectivity index (χ0n) is 21.3. The molecule has 6 nitrogen and oxygen atoms in total. The fourth-order valence-electron chi connectivity index (χ4n) is 5.31. The van der Waals surface area contributed by atoms with Crippen LogP contribution in [0.1, 0.15) is 0 Å². The first-order valence-electron chi connectivity index (χ1n) is 13.1. The van der Waals surface area contributed by atoms with Crippen LogP contribution in [0.5, 0.6) is 23.0 Å². The van der Waals surface area contributed by atoms with Gasteiger partial charge in [0.05, 0.1) is 57.9 Å². The minimum Gasteiger partial charge on any atom is -0.453 e. The van der Waals surface area contributed by atoms with Gasteiger partial charge in [-0.15, -0.1) is 0 Å². The van der Waals surface area contributed by atoms with Crippen molar-refractivity contribution >= 4 is 34.1 Å². The fraction of sp³-hybridized carbons (Fsp3) is 0. The maximum atomic E-state index is 6.14. The number of anilines is 6. The minimum absolute atomic E-state index is 0.799. The number of pyridine rings is 2. The molecule has 0 N–H and O–H groups in total. The Kier molecular flexibility index (Phi) is 5.03. The first-order valence-corrected chi connectivity index (χ1v) is 13.1. The summed E-state index contributed by atoms with van der Waals surface area (Å²) in [6.45, 7) is 0. The lowest BCUT2D eigenvalue weighted by Gasteiger charge is -2.32. The highest BCUT2D eigenvalue weighted by atomic mass is 16.5. The number of ether oxygens (including phenoxy) is 2. The highest BCUT2D eigenvalue weighted by molar-refractivity contribution is 5.87. The van der Waals surface area contributed by atoms with Crippen LogP contribution in [0, 0.1) is 0 Å². The van der Waals surface area contributed by atoms with Crippen LogP contribution in [0.3, 0.4) is 0 Å². The summed E-state index contributed by atoms with van der Waals surface area (Å²) in [5.74, 6) is 3.25. The fourth-order valence-corrected chi connectivity index (χ4v) is 5.31. The van der Waals surface area contributed by atoms with Crippen LogP contribution < -0.4 is 19.3 Å². The van der Waals surface area contributed by atoms with Gasteiger partial charge in [-0.3, -0.25) is 9.97 Å². The van der Waals surface area contributed by atoms with Crippen molar-refractivity contribution in [2.75, 3.05) is 9.80 Å². The van der Waals surface area contributed by atoms with Crippen molar-refractivity contribution < 1.29 is 9.47 Å². The minimum atomic E-state index is 0.799. The molecule has 0 saturated heterocycles. The van der Waals surface area contributed by atoms with Crippen molar-refractivity contribution in [3.05, 3.63) is 134 Å². The highest BCUT2D eigenvalue weighted by Gasteiger charge is 2.27. The second-order valence-corrected chi connectivity index (χ2v) is 9.55. The van der Waals surface area contributed by atoms with E-state index in [9.17, 15) is 0 Å². The second kappa shape index (κ2) is 8.99. The van der Waals surface area contributed by atoms with Crippen molar-refractivity contribution in [3.8, 4) is 34.4 Å². The van der Waals surface area contributed by atoms with Gasteiger partial charge in [0.15, 0.2) is 23.0 Å². The normalized spacial score (nSPS) is 12.8. The molecular formula is C34H22N4O2. The standard InChI is InChI=1S/C34H22N4O2/c1-5-13-31-27(9-1)37(28-10-2-6-14-32(28)39-31)23-17-19-25(35-21-23)26-20-18-24(22-36-26)38-29-11-3-7-15-33(29)40-34-16-8-4-12-30(34)38/h1-22H. The molecule has 0 fully saturated rings. The third-order valence-electron chi connectivity index (χ3n) is 7.14. The van der Waals surface area contributed by atoms with Crippen molar-refractivity contribution in [1.82, 2.24) is 9.97 Å². The summed E-state index contributed by atoms with van der Waals surface area (Å²) in [6, 6.07) is 40.3. The van der Waals surface area contributed by atoms with E-state index in [1.807, 2.05) is 97.3 Å². The molecule has 0 bridgehead atoms. The Labute approximate surface area is 231 Å². The molecule has 0 spiro atoms. The van der Waals surface area contributed by atoms with E-state index in [0.717, 1.165) is 68.5 Å². The van der Waals surface area contributed by atoms with Gasteiger partial charge in [0.1, 0.15) is 0 Å². The van der Waals surface area contributed by atoms with E-state index in [4.69, 9.17) is 19.4 Å². The van der Waals surface area contributed by atoms with E-state index in [1.165, 1.54) is 0 Å². The molecule has 2 aromatic heterocycles. The zero-order chi connectivity index (χ0) is 26.5. The lowest BCUT2D eigenvalue weighted by Crippen LogP contribution is -2.16. The Morgan fingerprint density at radius 3 is 1.00 bits per heavy atom. The molecule has 0 atom stereocenters. The van der Waals surface area contributed by atoms with Crippen LogP contribution in [-0.4, -0.2) is 9.97 Å². The third-order valence-corrected chi connectivity index (χ3v) is 7.14. The van der Waals surface area contributed by atoms with Crippen molar-refractivity contribution in [2.24, 2.45) is 0 Å². The lowest BCUT2D eigenvalue weighted by atomic mass is 10.1. The lowest BCUT2D eigenvalue weighted by molar-refractivity contribution is 0.476. The molecule has 0 radical (unpaired) electrons. The number of aromatic nitrogens is 2. The van der Waals surface area contributed by atoms with E-state index in [-0.39, 0.29) is 0 Å². The summed E-state index contributed by atoms with van der Waals surface area (Å²) in [5.41, 5.74) is 7.40. The summed E-state index contributed by atoms with van der Waals surface area (Å²) >= 11 is 0. The van der Waals surface area contributed by atoms with Gasteiger partial charge >= 0.3 is 0 Å². The molecule has 6 aromatic rings. The van der Waals surface area contributed by atoms with E-state index in [2.05, 4.69) is 46.2 Å². The monoisotopic (exact) mass is 518 g/mol. The van der Waals surface area contributed by atoms with Crippen LogP contribution in [-0.2, 0) is 0 Å². The topological polar surface area (TPSA) is 50.7 Å². The molecule has 2 aliphatic rings. The molecular weight excluding hydrogens is 496 g/mol. The van der Waals surface area contributed by atoms with Gasteiger partial charge in [-0.25, -0.2) is 0 Å². The first kappa shape index (κ1) is 22.4. The quantitative estimate of drug-likeness (QED) is 0.232. The van der Waals surface area contributed by atoms with Gasteiger partial charge in [-0.05, 0) is 72.8 Å². The van der Waals surface area contributed by atoms with Crippen molar-refractivity contribution in [1.29, 1.82) is 0 Å². The maximum Gasteiger partial charge on any atom is 0.151 e. The molecule has 6 heteroatoms. The molecule has 8 rings (SSSR count). The average molecular weight is 519 g/mol. The van der Waals surface area contributed by atoms with E-state index < -0.39 is 0 Å². The van der Waals surface area contributed by atoms with Crippen LogP contribution in [0.15, 0.2) is 134 Å². The Morgan fingerprint density at radius 1 is 0.375 bits per heavy atom. The number of hydrogen-bond donors (Lipinski definition) is 0. The van der Waals surface area contributed by atoms with Crippen LogP contribution in [0.2, 0.25) is 0 Å². The number of rotatable bonds is 3. The van der Waals surface area contributed by atoms with E-state index in [1.54, 1.807) is 0 Å². The number of hydrogen-bond acceptors (Lipinski definition) is 6. The Bertz CT molecular complexity index is 1640. The number of benzene rings is 4. The second-order valence-electron chi connectivity index (χ2n) is 9.55. The van der Waals surface area contributed by atoms with Gasteiger partial charge in [0, 0.05) is 0 Å². The molecule has 0 aliphatic carbocycles. The molecule has 4 aromatic carbocycles. The number of para-hydroxylation sites is 8. The van der Waals surface area contributed by atoms with E-state index >= 15 is 0 Å². The van der Waals surface area contributed by atoms with Crippen molar-refractivity contribution in [2.45, 2.75) is 0 Å². The largest absolute Gasteiger partial charge is 0.453 e. The predicted octanol–water partition coefficient (Wildman–Crippen LogP) is 9.29. The van der Waals surface area contributed by atoms with Gasteiger partial charge in [0.2, 0.25) is 0 Å². The third kappa shape index (κ3) is 3.58. The van der Waals surface area contributed by atoms with Crippen LogP contribution in [0.4, 0.5) is 34.1 Å². The van der Waals surface area contributed by atoms with Crippen LogP contribution in [0.25, 0.3) is 11.4 Å². The van der Waals surface area contributed by atoms with Gasteiger partial charge in [0.25, 0.3) is 0 Å². The summed E-state index contributed by atoms with van der Waals surface area (Å²) in [6.07, 6.45) is 3.77. The van der Waals surface area contributed by atoms with Gasteiger partial charge in [-0.1, -0.05) is 48.5 Å². The summed E-state index contributed by atoms with van der Waals surface area (Å²) in [5, 5.41) is 0. The molecule has 0 saturated carbocycles. The summed E-state index contributed by atoms with van der Waals surface area (Å²) in [4.78, 5) is 14.0. The highest BCUT2D eigenvalue weighted by Crippen LogP contribution is 2.51. The first-order chi connectivity index (χ1) is 19.8. The Morgan fingerprint density at radius 2 is 0.700 bits per heavy atom. The van der Waals surface area contributed by atoms with Crippen molar-refractivity contribution in [3.63, 3.8) is 0 Å². The smallest absolute Gasteiger partial charge is 0.151 e. The zero-order valence-corrected chi connectivity index (χ0v) is 21.3. The molecule has 4 heterocycles. The maximum absolute atomic E-state index is 6.14. The van der Waals surface area contributed by atoms with E-state index in [0.29, 0.717) is 0 Å². The number of fused-ring (bicyclic) bond motifs is 4. The summed E-state index contributed by atoms with van der Waals surface area (Å²) in [7, 11) is 0. The Balaban J connectivity index is 1.13. The van der Waals surface area contributed by atoms with Gasteiger partial charge in [-0.2, -0.15) is 0 Å². The molecule has 0 amide bonds. The average Bonchev–Trinajstić information content (AvgIpc) is 3.03. The molecule has 40 heavy (non-hydrogen) atoms.